The summed E-state index contributed by atoms with van der Waals surface area (Å²) in [5.41, 5.74) is 11.2. The molecular weight excluding hydrogens is 440 g/mol. The Hall–Kier alpha value is -3.87. The van der Waals surface area contributed by atoms with Crippen molar-refractivity contribution >= 4 is 39.3 Å². The molecule has 2 aromatic carbocycles. The molecule has 2 heterocycles. The molecule has 0 saturated heterocycles. The average Bonchev–Trinajstić information content (AvgIpc) is 3.24. The molecule has 0 fully saturated rings. The van der Waals surface area contributed by atoms with Gasteiger partial charge in [-0.15, -0.1) is 0 Å². The number of nitrogens with two attached hydrogens (primary N) is 1. The number of ketones is 1. The molecule has 0 radical (unpaired) electrons. The zero-order chi connectivity index (χ0) is 24.8. The fourth-order valence-electron chi connectivity index (χ4n) is 4.24. The van der Waals surface area contributed by atoms with E-state index >= 15 is 0 Å². The van der Waals surface area contributed by atoms with E-state index in [1.807, 2.05) is 42.5 Å². The number of carbonyl (C=O) groups excluding carboxylic acids is 2. The van der Waals surface area contributed by atoms with Crippen LogP contribution in [0, 0.1) is 0 Å². The summed E-state index contributed by atoms with van der Waals surface area (Å²) in [6.45, 7) is 2.58. The number of aryl methyl sites for hydroxylation is 1. The Kier molecular flexibility index (Phi) is 7.65. The normalized spacial score (nSPS) is 11.1. The number of aromatic nitrogens is 2. The molecule has 0 spiro atoms. The number of nitrogens with zero attached hydrogens (tertiary/aromatic N) is 1. The number of anilines is 1. The van der Waals surface area contributed by atoms with Crippen LogP contribution >= 0.6 is 0 Å². The zero-order valence-corrected chi connectivity index (χ0v) is 20.3. The Morgan fingerprint density at radius 1 is 1.06 bits per heavy atom. The van der Waals surface area contributed by atoms with Crippen LogP contribution in [-0.2, 0) is 17.8 Å². The second kappa shape index (κ2) is 11.0. The molecule has 4 rings (SSSR count). The van der Waals surface area contributed by atoms with Gasteiger partial charge in [0.25, 0.3) is 0 Å². The number of carbonyl (C=O) groups is 2. The molecule has 0 atom stereocenters. The van der Waals surface area contributed by atoms with Gasteiger partial charge in [-0.1, -0.05) is 31.9 Å². The number of nitrogens with one attached hydrogen (secondary N) is 2. The van der Waals surface area contributed by atoms with Crippen LogP contribution in [0.3, 0.4) is 0 Å². The first-order valence-corrected chi connectivity index (χ1v) is 12.1. The number of methoxy groups -OCH3 is 1. The van der Waals surface area contributed by atoms with E-state index in [9.17, 15) is 9.59 Å². The van der Waals surface area contributed by atoms with E-state index in [0.29, 0.717) is 17.8 Å². The van der Waals surface area contributed by atoms with Crippen molar-refractivity contribution in [1.82, 2.24) is 15.3 Å². The van der Waals surface area contributed by atoms with Gasteiger partial charge in [0.05, 0.1) is 7.11 Å². The van der Waals surface area contributed by atoms with E-state index in [4.69, 9.17) is 15.5 Å². The summed E-state index contributed by atoms with van der Waals surface area (Å²) in [5, 5.41) is 4.58. The number of rotatable bonds is 11. The van der Waals surface area contributed by atoms with Gasteiger partial charge in [-0.25, -0.2) is 4.98 Å². The maximum absolute atomic E-state index is 12.8. The number of nitrogen functional groups attached to an aromatic ring is 1. The Morgan fingerprint density at radius 2 is 1.86 bits per heavy atom. The molecule has 182 valence electrons. The fraction of sp³-hybridized carbons (Fsp3) is 0.321. The second-order valence-electron chi connectivity index (χ2n) is 8.82. The van der Waals surface area contributed by atoms with Gasteiger partial charge in [0.2, 0.25) is 5.91 Å². The van der Waals surface area contributed by atoms with Gasteiger partial charge >= 0.3 is 0 Å². The van der Waals surface area contributed by atoms with E-state index in [0.717, 1.165) is 64.6 Å². The van der Waals surface area contributed by atoms with E-state index < -0.39 is 0 Å². The van der Waals surface area contributed by atoms with Crippen LogP contribution in [0.25, 0.3) is 21.9 Å². The monoisotopic (exact) mass is 472 g/mol. The number of hydrogen-bond donors (Lipinski definition) is 3. The minimum atomic E-state index is -0.161. The van der Waals surface area contributed by atoms with E-state index in [1.165, 1.54) is 0 Å². The van der Waals surface area contributed by atoms with Crippen molar-refractivity contribution in [3.63, 3.8) is 0 Å². The number of fused-ring (bicyclic) bond motifs is 3. The molecular formula is C28H32N4O3. The third-order valence-electron chi connectivity index (χ3n) is 6.23. The third-order valence-corrected chi connectivity index (χ3v) is 6.23. The van der Waals surface area contributed by atoms with E-state index in [1.54, 1.807) is 13.2 Å². The number of unbranched alkanes of at least 4 members (excludes halogenated alkanes) is 2. The van der Waals surface area contributed by atoms with Gasteiger partial charge in [-0.05, 0) is 54.8 Å². The van der Waals surface area contributed by atoms with Crippen LogP contribution in [0.5, 0.6) is 5.75 Å². The molecule has 0 aliphatic heterocycles. The lowest BCUT2D eigenvalue weighted by Crippen LogP contribution is -2.23. The average molecular weight is 473 g/mol. The lowest BCUT2D eigenvalue weighted by Gasteiger charge is -2.07. The molecule has 4 aromatic rings. The molecule has 35 heavy (non-hydrogen) atoms. The van der Waals surface area contributed by atoms with E-state index in [-0.39, 0.29) is 24.5 Å². The highest BCUT2D eigenvalue weighted by atomic mass is 16.5. The SMILES string of the molecule is CCCCCc1cc(N)c2c(n1)[nH]c1ccc(C(=O)CCC(=O)NCc3ccc(OC)cc3)cc12. The summed E-state index contributed by atoms with van der Waals surface area (Å²) in [6.07, 6.45) is 4.57. The minimum Gasteiger partial charge on any atom is -0.497 e. The molecule has 0 bridgehead atoms. The standard InChI is InChI=1S/C28H32N4O3/c1-3-4-5-6-20-16-23(29)27-22-15-19(9-12-24(22)32-28(27)31-20)25(33)13-14-26(34)30-17-18-7-10-21(35-2)11-8-18/h7-12,15-16H,3-6,13-14,17H2,1-2H3,(H,30,34)(H3,29,31,32). The molecule has 0 aliphatic rings. The number of ether oxygens (including phenoxy) is 1. The Labute approximate surface area is 205 Å². The van der Waals surface area contributed by atoms with Crippen molar-refractivity contribution in [1.29, 1.82) is 0 Å². The maximum Gasteiger partial charge on any atom is 0.220 e. The quantitative estimate of drug-likeness (QED) is 0.202. The minimum absolute atomic E-state index is 0.0800. The molecule has 0 unspecified atom stereocenters. The molecule has 0 aliphatic carbocycles. The predicted octanol–water partition coefficient (Wildman–Crippen LogP) is 5.32. The van der Waals surface area contributed by atoms with Gasteiger partial charge in [0.1, 0.15) is 11.4 Å². The number of Topliss-reactive ketones (excluding diaryl/α,β-unsaturated/α-hetero) is 1. The van der Waals surface area contributed by atoms with Crippen LogP contribution in [0.2, 0.25) is 0 Å². The van der Waals surface area contributed by atoms with Crippen molar-refractivity contribution in [3.05, 3.63) is 65.4 Å². The molecule has 7 nitrogen and oxygen atoms in total. The predicted molar refractivity (Wildman–Crippen MR) is 140 cm³/mol. The first-order chi connectivity index (χ1) is 17.0. The molecule has 4 N–H and O–H groups in total. The summed E-state index contributed by atoms with van der Waals surface area (Å²) >= 11 is 0. The van der Waals surface area contributed by atoms with Gasteiger partial charge in [0, 0.05) is 52.6 Å². The molecule has 2 aromatic heterocycles. The lowest BCUT2D eigenvalue weighted by molar-refractivity contribution is -0.121. The van der Waals surface area contributed by atoms with Crippen LogP contribution in [0.4, 0.5) is 5.69 Å². The summed E-state index contributed by atoms with van der Waals surface area (Å²) in [5.74, 6) is 0.526. The van der Waals surface area contributed by atoms with E-state index in [2.05, 4.69) is 17.2 Å². The van der Waals surface area contributed by atoms with Gasteiger partial charge in [0.15, 0.2) is 5.78 Å². The molecule has 7 heteroatoms. The van der Waals surface area contributed by atoms with Crippen molar-refractivity contribution in [3.8, 4) is 5.75 Å². The highest BCUT2D eigenvalue weighted by Crippen LogP contribution is 2.31. The molecule has 1 amide bonds. The number of aromatic amines is 1. The van der Waals surface area contributed by atoms with Crippen LogP contribution in [0.15, 0.2) is 48.5 Å². The van der Waals surface area contributed by atoms with Crippen molar-refractivity contribution in [2.75, 3.05) is 12.8 Å². The topological polar surface area (TPSA) is 110 Å². The molecule has 0 saturated carbocycles. The Balaban J connectivity index is 1.40. The van der Waals surface area contributed by atoms with Gasteiger partial charge in [-0.3, -0.25) is 9.59 Å². The van der Waals surface area contributed by atoms with Crippen LogP contribution in [0.1, 0.15) is 60.6 Å². The van der Waals surface area contributed by atoms with Gasteiger partial charge < -0.3 is 20.8 Å². The number of hydrogen-bond acceptors (Lipinski definition) is 5. The lowest BCUT2D eigenvalue weighted by atomic mass is 10.0. The highest BCUT2D eigenvalue weighted by Gasteiger charge is 2.15. The first kappa shape index (κ1) is 24.3. The Morgan fingerprint density at radius 3 is 2.60 bits per heavy atom. The Bertz CT molecular complexity index is 1340. The highest BCUT2D eigenvalue weighted by molar-refractivity contribution is 6.13. The maximum atomic E-state index is 12.8. The number of pyridine rings is 1. The summed E-state index contributed by atoms with van der Waals surface area (Å²) < 4.78 is 5.14. The van der Waals surface area contributed by atoms with Crippen LogP contribution in [-0.4, -0.2) is 28.8 Å². The fourth-order valence-corrected chi connectivity index (χ4v) is 4.24. The largest absolute Gasteiger partial charge is 0.497 e. The van der Waals surface area contributed by atoms with Gasteiger partial charge in [-0.2, -0.15) is 0 Å². The number of benzene rings is 2. The summed E-state index contributed by atoms with van der Waals surface area (Å²) in [7, 11) is 1.61. The van der Waals surface area contributed by atoms with Crippen molar-refractivity contribution in [2.24, 2.45) is 0 Å². The number of H-pyrrole nitrogens is 1. The first-order valence-electron chi connectivity index (χ1n) is 12.1. The third kappa shape index (κ3) is 5.80. The number of amides is 1. The van der Waals surface area contributed by atoms with Crippen molar-refractivity contribution < 1.29 is 14.3 Å². The van der Waals surface area contributed by atoms with Crippen LogP contribution < -0.4 is 15.8 Å². The van der Waals surface area contributed by atoms with Crippen molar-refractivity contribution in [2.45, 2.75) is 52.0 Å². The second-order valence-corrected chi connectivity index (χ2v) is 8.82. The summed E-state index contributed by atoms with van der Waals surface area (Å²) in [6, 6.07) is 14.9. The zero-order valence-electron chi connectivity index (χ0n) is 20.3. The smallest absolute Gasteiger partial charge is 0.220 e. The summed E-state index contributed by atoms with van der Waals surface area (Å²) in [4.78, 5) is 33.2.